The van der Waals surface area contributed by atoms with Crippen molar-refractivity contribution in [2.75, 3.05) is 0 Å². The molecule has 0 bridgehead atoms. The molecule has 1 atom stereocenters. The Hall–Kier alpha value is -3.42. The molecule has 3 aromatic carbocycles. The summed E-state index contributed by atoms with van der Waals surface area (Å²) in [5.74, 6) is -0.0200. The molecule has 0 aromatic heterocycles. The van der Waals surface area contributed by atoms with Gasteiger partial charge in [0.05, 0.1) is 11.8 Å². The SMILES string of the molecule is CCC(=C=C(CC1CC(c2ccc3ccccc3c2)=NN1C(C)=O)c1ccccc1)CC. The minimum atomic E-state index is -0.0200. The first-order valence-corrected chi connectivity index (χ1v) is 11.5. The van der Waals surface area contributed by atoms with E-state index in [0.717, 1.165) is 48.1 Å². The highest BCUT2D eigenvalue weighted by molar-refractivity contribution is 6.05. The standard InChI is InChI=1S/C29H30N2O/c1-4-22(5-2)17-27(23-11-7-6-8-12-23)19-28-20-29(30-31(28)21(3)32)26-16-15-24-13-9-10-14-25(24)18-26/h6-16,18,28H,4-5,19-20H2,1-3H3. The second-order valence-corrected chi connectivity index (χ2v) is 8.31. The second kappa shape index (κ2) is 9.80. The molecule has 0 saturated carbocycles. The number of fused-ring (bicyclic) bond motifs is 1. The van der Waals surface area contributed by atoms with Gasteiger partial charge in [0.1, 0.15) is 0 Å². The van der Waals surface area contributed by atoms with Gasteiger partial charge in [0.15, 0.2) is 0 Å². The van der Waals surface area contributed by atoms with Crippen molar-refractivity contribution in [3.63, 3.8) is 0 Å². The Morgan fingerprint density at radius 3 is 2.34 bits per heavy atom. The zero-order valence-electron chi connectivity index (χ0n) is 19.1. The number of amides is 1. The van der Waals surface area contributed by atoms with E-state index in [1.54, 1.807) is 11.9 Å². The Morgan fingerprint density at radius 2 is 1.66 bits per heavy atom. The zero-order chi connectivity index (χ0) is 22.5. The van der Waals surface area contributed by atoms with Gasteiger partial charge in [-0.3, -0.25) is 4.79 Å². The summed E-state index contributed by atoms with van der Waals surface area (Å²) in [6, 6.07) is 25.1. The number of hydrogen-bond acceptors (Lipinski definition) is 2. The van der Waals surface area contributed by atoms with Crippen molar-refractivity contribution in [2.24, 2.45) is 5.10 Å². The predicted octanol–water partition coefficient (Wildman–Crippen LogP) is 6.98. The summed E-state index contributed by atoms with van der Waals surface area (Å²) in [4.78, 5) is 12.5. The summed E-state index contributed by atoms with van der Waals surface area (Å²) < 4.78 is 0. The summed E-state index contributed by atoms with van der Waals surface area (Å²) >= 11 is 0. The van der Waals surface area contributed by atoms with Gasteiger partial charge in [0.25, 0.3) is 0 Å². The summed E-state index contributed by atoms with van der Waals surface area (Å²) in [6.45, 7) is 5.95. The van der Waals surface area contributed by atoms with E-state index < -0.39 is 0 Å². The molecule has 1 unspecified atom stereocenters. The van der Waals surface area contributed by atoms with Crippen LogP contribution in [0.3, 0.4) is 0 Å². The molecule has 1 aliphatic heterocycles. The second-order valence-electron chi connectivity index (χ2n) is 8.31. The number of nitrogens with zero attached hydrogens (tertiary/aromatic N) is 2. The molecule has 3 aromatic rings. The third-order valence-corrected chi connectivity index (χ3v) is 6.15. The van der Waals surface area contributed by atoms with Gasteiger partial charge in [0, 0.05) is 25.3 Å². The summed E-state index contributed by atoms with van der Waals surface area (Å²) in [5.41, 5.74) is 9.34. The van der Waals surface area contributed by atoms with Crippen molar-refractivity contribution < 1.29 is 4.79 Å². The van der Waals surface area contributed by atoms with E-state index in [9.17, 15) is 4.79 Å². The van der Waals surface area contributed by atoms with E-state index >= 15 is 0 Å². The number of hydrogen-bond donors (Lipinski definition) is 0. The molecular weight excluding hydrogens is 392 g/mol. The molecule has 1 amide bonds. The average molecular weight is 423 g/mol. The molecule has 3 nitrogen and oxygen atoms in total. The number of carbonyl (C=O) groups excluding carboxylic acids is 1. The zero-order valence-corrected chi connectivity index (χ0v) is 19.1. The highest BCUT2D eigenvalue weighted by Crippen LogP contribution is 2.30. The van der Waals surface area contributed by atoms with E-state index in [1.165, 1.54) is 16.3 Å². The summed E-state index contributed by atoms with van der Waals surface area (Å²) in [6.07, 6.45) is 3.43. The maximum absolute atomic E-state index is 12.5. The predicted molar refractivity (Wildman–Crippen MR) is 133 cm³/mol. The molecule has 1 heterocycles. The number of hydrazone groups is 1. The Morgan fingerprint density at radius 1 is 0.969 bits per heavy atom. The quantitative estimate of drug-likeness (QED) is 0.394. The third kappa shape index (κ3) is 4.74. The van der Waals surface area contributed by atoms with Crippen molar-refractivity contribution in [1.82, 2.24) is 5.01 Å². The first-order valence-electron chi connectivity index (χ1n) is 11.5. The molecule has 0 fully saturated rings. The van der Waals surface area contributed by atoms with Crippen LogP contribution in [0.25, 0.3) is 16.3 Å². The lowest BCUT2D eigenvalue weighted by molar-refractivity contribution is -0.130. The van der Waals surface area contributed by atoms with Crippen LogP contribution < -0.4 is 0 Å². The number of rotatable bonds is 6. The van der Waals surface area contributed by atoms with Gasteiger partial charge in [-0.2, -0.15) is 5.10 Å². The maximum Gasteiger partial charge on any atom is 0.239 e. The van der Waals surface area contributed by atoms with Crippen molar-refractivity contribution in [3.05, 3.63) is 95.2 Å². The van der Waals surface area contributed by atoms with E-state index in [2.05, 4.69) is 86.3 Å². The molecule has 32 heavy (non-hydrogen) atoms. The fourth-order valence-electron chi connectivity index (χ4n) is 4.35. The van der Waals surface area contributed by atoms with Gasteiger partial charge in [-0.25, -0.2) is 5.01 Å². The molecular formula is C29H30N2O. The smallest absolute Gasteiger partial charge is 0.239 e. The Bertz CT molecular complexity index is 1210. The van der Waals surface area contributed by atoms with Crippen molar-refractivity contribution in [2.45, 2.75) is 52.5 Å². The summed E-state index contributed by atoms with van der Waals surface area (Å²) in [7, 11) is 0. The monoisotopic (exact) mass is 422 g/mol. The molecule has 0 N–H and O–H groups in total. The van der Waals surface area contributed by atoms with Crippen LogP contribution in [0.1, 0.15) is 57.6 Å². The van der Waals surface area contributed by atoms with E-state index in [-0.39, 0.29) is 11.9 Å². The number of benzene rings is 3. The molecule has 162 valence electrons. The normalized spacial score (nSPS) is 15.4. The molecule has 0 radical (unpaired) electrons. The van der Waals surface area contributed by atoms with Crippen molar-refractivity contribution in [3.8, 4) is 0 Å². The lowest BCUT2D eigenvalue weighted by Gasteiger charge is -2.21. The fourth-order valence-corrected chi connectivity index (χ4v) is 4.35. The van der Waals surface area contributed by atoms with Gasteiger partial charge in [-0.15, -0.1) is 5.73 Å². The van der Waals surface area contributed by atoms with Crippen molar-refractivity contribution in [1.29, 1.82) is 0 Å². The molecule has 4 rings (SSSR count). The van der Waals surface area contributed by atoms with E-state index in [0.29, 0.717) is 0 Å². The third-order valence-electron chi connectivity index (χ3n) is 6.15. The van der Waals surface area contributed by atoms with Crippen LogP contribution in [-0.4, -0.2) is 22.7 Å². The maximum atomic E-state index is 12.5. The Labute approximate surface area is 190 Å². The Kier molecular flexibility index (Phi) is 6.68. The fraction of sp³-hybridized carbons (Fsp3) is 0.276. The molecule has 0 saturated heterocycles. The van der Waals surface area contributed by atoms with Gasteiger partial charge < -0.3 is 0 Å². The first-order chi connectivity index (χ1) is 15.6. The molecule has 3 heteroatoms. The van der Waals surface area contributed by atoms with Crippen molar-refractivity contribution >= 4 is 28.0 Å². The van der Waals surface area contributed by atoms with Crippen LogP contribution in [0.2, 0.25) is 0 Å². The van der Waals surface area contributed by atoms with Crippen LogP contribution in [0.5, 0.6) is 0 Å². The Balaban J connectivity index is 1.68. The minimum Gasteiger partial charge on any atom is -0.273 e. The van der Waals surface area contributed by atoms with Gasteiger partial charge >= 0.3 is 0 Å². The largest absolute Gasteiger partial charge is 0.273 e. The highest BCUT2D eigenvalue weighted by atomic mass is 16.2. The lowest BCUT2D eigenvalue weighted by atomic mass is 9.93. The van der Waals surface area contributed by atoms with E-state index in [1.807, 2.05) is 6.07 Å². The van der Waals surface area contributed by atoms with Crippen LogP contribution in [-0.2, 0) is 4.79 Å². The van der Waals surface area contributed by atoms with Crippen LogP contribution in [0.15, 0.2) is 89.2 Å². The number of carbonyl (C=O) groups is 1. The molecule has 0 aliphatic carbocycles. The first kappa shape index (κ1) is 21.8. The molecule has 1 aliphatic rings. The van der Waals surface area contributed by atoms with Crippen LogP contribution >= 0.6 is 0 Å². The van der Waals surface area contributed by atoms with Crippen LogP contribution in [0.4, 0.5) is 0 Å². The van der Waals surface area contributed by atoms with Gasteiger partial charge in [-0.1, -0.05) is 80.6 Å². The lowest BCUT2D eigenvalue weighted by Crippen LogP contribution is -2.31. The van der Waals surface area contributed by atoms with E-state index in [4.69, 9.17) is 5.10 Å². The van der Waals surface area contributed by atoms with Gasteiger partial charge in [0.2, 0.25) is 5.91 Å². The highest BCUT2D eigenvalue weighted by Gasteiger charge is 2.31. The minimum absolute atomic E-state index is 0.00774. The topological polar surface area (TPSA) is 32.7 Å². The summed E-state index contributed by atoms with van der Waals surface area (Å²) in [5, 5.41) is 8.84. The van der Waals surface area contributed by atoms with Gasteiger partial charge in [-0.05, 0) is 46.4 Å². The molecule has 0 spiro atoms. The average Bonchev–Trinajstić information content (AvgIpc) is 3.26. The van der Waals surface area contributed by atoms with Crippen LogP contribution in [0, 0.1) is 0 Å².